The maximum absolute atomic E-state index is 12.8. The van der Waals surface area contributed by atoms with Gasteiger partial charge in [-0.25, -0.2) is 0 Å². The van der Waals surface area contributed by atoms with Crippen LogP contribution in [0.2, 0.25) is 0 Å². The second kappa shape index (κ2) is 7.38. The van der Waals surface area contributed by atoms with Gasteiger partial charge in [-0.3, -0.25) is 4.79 Å². The number of fused-ring (bicyclic) bond motifs is 1. The Morgan fingerprint density at radius 3 is 2.54 bits per heavy atom. The average molecular weight is 353 g/mol. The molecule has 26 heavy (non-hydrogen) atoms. The van der Waals surface area contributed by atoms with Crippen LogP contribution in [0.5, 0.6) is 11.5 Å². The minimum absolute atomic E-state index is 0.0556. The van der Waals surface area contributed by atoms with Crippen molar-refractivity contribution in [2.45, 2.75) is 19.4 Å². The van der Waals surface area contributed by atoms with E-state index < -0.39 is 0 Å². The van der Waals surface area contributed by atoms with Gasteiger partial charge in [0.1, 0.15) is 13.2 Å². The number of nitrogens with zero attached hydrogens (tertiary/aromatic N) is 1. The van der Waals surface area contributed by atoms with E-state index in [2.05, 4.69) is 12.1 Å². The Morgan fingerprint density at radius 2 is 1.77 bits per heavy atom. The van der Waals surface area contributed by atoms with Crippen molar-refractivity contribution in [2.75, 3.05) is 26.3 Å². The van der Waals surface area contributed by atoms with E-state index in [9.17, 15) is 4.79 Å². The number of hydrogen-bond donors (Lipinski definition) is 1. The predicted octanol–water partition coefficient (Wildman–Crippen LogP) is 2.65. The van der Waals surface area contributed by atoms with E-state index in [4.69, 9.17) is 14.6 Å². The number of rotatable bonds is 4. The van der Waals surface area contributed by atoms with E-state index in [1.807, 2.05) is 29.2 Å². The summed E-state index contributed by atoms with van der Waals surface area (Å²) in [5.41, 5.74) is 2.83. The summed E-state index contributed by atoms with van der Waals surface area (Å²) in [4.78, 5) is 14.7. The molecule has 2 aliphatic heterocycles. The summed E-state index contributed by atoms with van der Waals surface area (Å²) in [6, 6.07) is 13.5. The fourth-order valence-electron chi connectivity index (χ4n) is 3.66. The Balaban J connectivity index is 1.39. The van der Waals surface area contributed by atoms with Gasteiger partial charge in [-0.1, -0.05) is 24.3 Å². The molecule has 1 saturated heterocycles. The van der Waals surface area contributed by atoms with E-state index >= 15 is 0 Å². The summed E-state index contributed by atoms with van der Waals surface area (Å²) >= 11 is 0. The van der Waals surface area contributed by atoms with Crippen molar-refractivity contribution in [1.82, 2.24) is 4.90 Å². The Hall–Kier alpha value is -2.53. The molecule has 0 spiro atoms. The first-order valence-corrected chi connectivity index (χ1v) is 9.10. The first-order chi connectivity index (χ1) is 12.7. The third-order valence-corrected chi connectivity index (χ3v) is 5.09. The van der Waals surface area contributed by atoms with Crippen LogP contribution in [-0.4, -0.2) is 42.2 Å². The van der Waals surface area contributed by atoms with Crippen molar-refractivity contribution in [3.05, 3.63) is 59.2 Å². The Morgan fingerprint density at radius 1 is 1.04 bits per heavy atom. The first-order valence-electron chi connectivity index (χ1n) is 9.10. The maximum atomic E-state index is 12.8. The van der Waals surface area contributed by atoms with Crippen LogP contribution < -0.4 is 9.47 Å². The molecule has 2 aromatic rings. The first kappa shape index (κ1) is 16.9. The van der Waals surface area contributed by atoms with Gasteiger partial charge in [0.05, 0.1) is 6.61 Å². The zero-order valence-corrected chi connectivity index (χ0v) is 14.7. The normalized spacial score (nSPS) is 18.8. The fourth-order valence-corrected chi connectivity index (χ4v) is 3.66. The molecule has 1 atom stereocenters. The molecule has 1 amide bonds. The summed E-state index contributed by atoms with van der Waals surface area (Å²) in [7, 11) is 0. The highest BCUT2D eigenvalue weighted by Crippen LogP contribution is 2.32. The molecule has 0 radical (unpaired) electrons. The van der Waals surface area contributed by atoms with Gasteiger partial charge >= 0.3 is 0 Å². The van der Waals surface area contributed by atoms with Crippen molar-refractivity contribution in [3.63, 3.8) is 0 Å². The largest absolute Gasteiger partial charge is 0.486 e. The van der Waals surface area contributed by atoms with Crippen LogP contribution in [0.25, 0.3) is 0 Å². The number of ether oxygens (including phenoxy) is 2. The number of aliphatic hydroxyl groups is 1. The van der Waals surface area contributed by atoms with Crippen LogP contribution >= 0.6 is 0 Å². The minimum Gasteiger partial charge on any atom is -0.486 e. The van der Waals surface area contributed by atoms with Crippen LogP contribution in [0.15, 0.2) is 42.5 Å². The summed E-state index contributed by atoms with van der Waals surface area (Å²) in [5.74, 6) is 1.89. The van der Waals surface area contributed by atoms with Crippen molar-refractivity contribution >= 4 is 5.91 Å². The van der Waals surface area contributed by atoms with Crippen LogP contribution in [0.1, 0.15) is 27.9 Å². The third kappa shape index (κ3) is 3.53. The molecule has 0 bridgehead atoms. The van der Waals surface area contributed by atoms with Gasteiger partial charge in [0.25, 0.3) is 5.91 Å². The maximum Gasteiger partial charge on any atom is 0.254 e. The summed E-state index contributed by atoms with van der Waals surface area (Å²) in [6.45, 7) is 2.70. The van der Waals surface area contributed by atoms with Crippen molar-refractivity contribution in [1.29, 1.82) is 0 Å². The number of hydrogen-bond acceptors (Lipinski definition) is 4. The molecular formula is C21H23NO4. The lowest BCUT2D eigenvalue weighted by molar-refractivity contribution is 0.0786. The summed E-state index contributed by atoms with van der Waals surface area (Å²) in [6.07, 6.45) is 1.97. The average Bonchev–Trinajstić information content (AvgIpc) is 3.16. The molecule has 5 nitrogen and oxygen atoms in total. The van der Waals surface area contributed by atoms with Gasteiger partial charge in [-0.05, 0) is 48.1 Å². The lowest BCUT2D eigenvalue weighted by Gasteiger charge is -2.21. The molecule has 2 heterocycles. The monoisotopic (exact) mass is 353 g/mol. The van der Waals surface area contributed by atoms with E-state index in [-0.39, 0.29) is 12.5 Å². The number of carbonyl (C=O) groups is 1. The van der Waals surface area contributed by atoms with E-state index in [1.54, 1.807) is 6.07 Å². The van der Waals surface area contributed by atoms with E-state index in [0.29, 0.717) is 36.2 Å². The van der Waals surface area contributed by atoms with Crippen LogP contribution in [0.3, 0.4) is 0 Å². The molecule has 136 valence electrons. The molecule has 5 heteroatoms. The molecule has 1 fully saturated rings. The Labute approximate surface area is 153 Å². The molecule has 0 unspecified atom stereocenters. The predicted molar refractivity (Wildman–Crippen MR) is 97.5 cm³/mol. The fraction of sp³-hybridized carbons (Fsp3) is 0.381. The molecule has 0 saturated carbocycles. The second-order valence-electron chi connectivity index (χ2n) is 6.94. The standard InChI is InChI=1S/C21H23NO4/c23-14-16-3-1-15(2-4-16)11-17-7-8-22(13-17)21(24)18-5-6-19-20(12-18)26-10-9-25-19/h1-6,12,17,23H,7-11,13-14H2/t17-/m0/s1. The number of carbonyl (C=O) groups excluding carboxylic acids is 1. The Kier molecular flexibility index (Phi) is 4.80. The Bertz CT molecular complexity index is 787. The van der Waals surface area contributed by atoms with Gasteiger partial charge in [-0.15, -0.1) is 0 Å². The van der Waals surface area contributed by atoms with Gasteiger partial charge in [-0.2, -0.15) is 0 Å². The SMILES string of the molecule is O=C(c1ccc2c(c1)OCCO2)N1CC[C@@H](Cc2ccc(CO)cc2)C1. The minimum atomic E-state index is 0.0556. The number of aliphatic hydroxyl groups excluding tert-OH is 1. The third-order valence-electron chi connectivity index (χ3n) is 5.09. The smallest absolute Gasteiger partial charge is 0.254 e. The molecule has 1 N–H and O–H groups in total. The molecular weight excluding hydrogens is 330 g/mol. The lowest BCUT2D eigenvalue weighted by Crippen LogP contribution is -2.29. The van der Waals surface area contributed by atoms with E-state index in [1.165, 1.54) is 5.56 Å². The lowest BCUT2D eigenvalue weighted by atomic mass is 9.98. The molecule has 4 rings (SSSR count). The van der Waals surface area contributed by atoms with Crippen molar-refractivity contribution in [3.8, 4) is 11.5 Å². The highest BCUT2D eigenvalue weighted by Gasteiger charge is 2.28. The highest BCUT2D eigenvalue weighted by molar-refractivity contribution is 5.95. The number of benzene rings is 2. The number of likely N-dealkylation sites (tertiary alicyclic amines) is 1. The molecule has 0 aromatic heterocycles. The molecule has 0 aliphatic carbocycles. The molecule has 2 aliphatic rings. The zero-order chi connectivity index (χ0) is 17.9. The van der Waals surface area contributed by atoms with Gasteiger partial charge in [0.2, 0.25) is 0 Å². The second-order valence-corrected chi connectivity index (χ2v) is 6.94. The van der Waals surface area contributed by atoms with Gasteiger partial charge < -0.3 is 19.5 Å². The highest BCUT2D eigenvalue weighted by atomic mass is 16.6. The number of amides is 1. The van der Waals surface area contributed by atoms with Gasteiger partial charge in [0, 0.05) is 18.7 Å². The summed E-state index contributed by atoms with van der Waals surface area (Å²) in [5, 5.41) is 9.13. The van der Waals surface area contributed by atoms with Crippen LogP contribution in [-0.2, 0) is 13.0 Å². The molecule has 2 aromatic carbocycles. The van der Waals surface area contributed by atoms with Crippen molar-refractivity contribution < 1.29 is 19.4 Å². The summed E-state index contributed by atoms with van der Waals surface area (Å²) < 4.78 is 11.1. The van der Waals surface area contributed by atoms with Crippen molar-refractivity contribution in [2.24, 2.45) is 5.92 Å². The quantitative estimate of drug-likeness (QED) is 0.918. The van der Waals surface area contributed by atoms with Crippen LogP contribution in [0, 0.1) is 5.92 Å². The topological polar surface area (TPSA) is 59.0 Å². The van der Waals surface area contributed by atoms with E-state index in [0.717, 1.165) is 31.5 Å². The zero-order valence-electron chi connectivity index (χ0n) is 14.7. The van der Waals surface area contributed by atoms with Gasteiger partial charge in [0.15, 0.2) is 11.5 Å². The van der Waals surface area contributed by atoms with Crippen LogP contribution in [0.4, 0.5) is 0 Å².